The van der Waals surface area contributed by atoms with Crippen LogP contribution in [0, 0.1) is 0 Å². The quantitative estimate of drug-likeness (QED) is 0.667. The van der Waals surface area contributed by atoms with Gasteiger partial charge in [0.2, 0.25) is 0 Å². The second-order valence-electron chi connectivity index (χ2n) is 3.28. The van der Waals surface area contributed by atoms with Gasteiger partial charge >= 0.3 is 0 Å². The van der Waals surface area contributed by atoms with E-state index in [4.69, 9.17) is 0 Å². The molecule has 2 rings (SSSR count). The number of aromatic nitrogens is 2. The minimum atomic E-state index is 0.776. The molecule has 0 aromatic carbocycles. The summed E-state index contributed by atoms with van der Waals surface area (Å²) in [7, 11) is 0. The summed E-state index contributed by atoms with van der Waals surface area (Å²) in [5, 5.41) is 4.31. The summed E-state index contributed by atoms with van der Waals surface area (Å²) in [6.45, 7) is 6.87. The lowest BCUT2D eigenvalue weighted by Gasteiger charge is -2.00. The number of hydrogen-bond acceptors (Lipinski definition) is 1. The minimum absolute atomic E-state index is 0.776. The highest BCUT2D eigenvalue weighted by Crippen LogP contribution is 2.41. The van der Waals surface area contributed by atoms with Crippen LogP contribution in [0.5, 0.6) is 0 Å². The SMILES string of the molecule is C=Cc1c(C2CC2)cnn1CC. The van der Waals surface area contributed by atoms with Gasteiger partial charge in [-0.1, -0.05) is 6.58 Å². The van der Waals surface area contributed by atoms with E-state index in [0.717, 1.165) is 12.5 Å². The highest BCUT2D eigenvalue weighted by molar-refractivity contribution is 5.49. The van der Waals surface area contributed by atoms with Gasteiger partial charge in [0.15, 0.2) is 0 Å². The summed E-state index contributed by atoms with van der Waals surface area (Å²) < 4.78 is 2.01. The molecule has 1 heterocycles. The summed E-state index contributed by atoms with van der Waals surface area (Å²) in [6, 6.07) is 0. The Morgan fingerprint density at radius 3 is 3.00 bits per heavy atom. The summed E-state index contributed by atoms with van der Waals surface area (Å²) in [5.74, 6) is 0.776. The zero-order valence-corrected chi connectivity index (χ0v) is 7.45. The fourth-order valence-electron chi connectivity index (χ4n) is 1.59. The van der Waals surface area contributed by atoms with Crippen LogP contribution in [0.2, 0.25) is 0 Å². The van der Waals surface area contributed by atoms with Crippen LogP contribution in [-0.2, 0) is 6.54 Å². The molecule has 0 N–H and O–H groups in total. The van der Waals surface area contributed by atoms with Crippen molar-refractivity contribution >= 4 is 6.08 Å². The lowest BCUT2D eigenvalue weighted by Crippen LogP contribution is -1.98. The van der Waals surface area contributed by atoms with Crippen molar-refractivity contribution in [2.24, 2.45) is 0 Å². The predicted octanol–water partition coefficient (Wildman–Crippen LogP) is 2.42. The summed E-state index contributed by atoms with van der Waals surface area (Å²) in [4.78, 5) is 0. The molecular weight excluding hydrogens is 148 g/mol. The molecule has 1 aliphatic rings. The Morgan fingerprint density at radius 1 is 1.75 bits per heavy atom. The average molecular weight is 162 g/mol. The lowest BCUT2D eigenvalue weighted by atomic mass is 10.1. The van der Waals surface area contributed by atoms with Gasteiger partial charge in [0.25, 0.3) is 0 Å². The Hall–Kier alpha value is -1.05. The smallest absolute Gasteiger partial charge is 0.0638 e. The number of nitrogens with zero attached hydrogens (tertiary/aromatic N) is 2. The fraction of sp³-hybridized carbons (Fsp3) is 0.500. The third-order valence-corrected chi connectivity index (χ3v) is 2.42. The molecule has 0 bridgehead atoms. The normalized spacial score (nSPS) is 16.4. The molecule has 0 saturated heterocycles. The second kappa shape index (κ2) is 2.77. The van der Waals surface area contributed by atoms with E-state index in [1.165, 1.54) is 24.1 Å². The molecular formula is C10H14N2. The van der Waals surface area contributed by atoms with Gasteiger partial charge in [-0.25, -0.2) is 0 Å². The Kier molecular flexibility index (Phi) is 1.75. The molecule has 0 spiro atoms. The Morgan fingerprint density at radius 2 is 2.50 bits per heavy atom. The molecule has 0 aliphatic heterocycles. The largest absolute Gasteiger partial charge is 0.266 e. The number of aryl methyl sites for hydroxylation is 1. The van der Waals surface area contributed by atoms with E-state index in [1.807, 2.05) is 17.0 Å². The van der Waals surface area contributed by atoms with E-state index in [-0.39, 0.29) is 0 Å². The molecule has 1 aromatic rings. The van der Waals surface area contributed by atoms with Crippen molar-refractivity contribution in [3.63, 3.8) is 0 Å². The molecule has 0 unspecified atom stereocenters. The van der Waals surface area contributed by atoms with E-state index in [9.17, 15) is 0 Å². The molecule has 64 valence electrons. The minimum Gasteiger partial charge on any atom is -0.266 e. The van der Waals surface area contributed by atoms with Crippen LogP contribution < -0.4 is 0 Å². The van der Waals surface area contributed by atoms with Gasteiger partial charge in [-0.15, -0.1) is 0 Å². The van der Waals surface area contributed by atoms with Gasteiger partial charge in [0, 0.05) is 12.1 Å². The highest BCUT2D eigenvalue weighted by atomic mass is 15.3. The molecule has 0 amide bonds. The van der Waals surface area contributed by atoms with E-state index in [2.05, 4.69) is 18.6 Å². The molecule has 1 aromatic heterocycles. The van der Waals surface area contributed by atoms with Crippen LogP contribution >= 0.6 is 0 Å². The standard InChI is InChI=1S/C10H14N2/c1-3-10-9(8-5-6-8)7-11-12(10)4-2/h3,7-8H,1,4-6H2,2H3. The van der Waals surface area contributed by atoms with Gasteiger partial charge in [-0.05, 0) is 31.8 Å². The monoisotopic (exact) mass is 162 g/mol. The van der Waals surface area contributed by atoms with E-state index in [0.29, 0.717) is 0 Å². The van der Waals surface area contributed by atoms with Gasteiger partial charge in [-0.3, -0.25) is 4.68 Å². The summed E-state index contributed by atoms with van der Waals surface area (Å²) >= 11 is 0. The van der Waals surface area contributed by atoms with Crippen molar-refractivity contribution in [1.82, 2.24) is 9.78 Å². The molecule has 12 heavy (non-hydrogen) atoms. The fourth-order valence-corrected chi connectivity index (χ4v) is 1.59. The molecule has 1 saturated carbocycles. The van der Waals surface area contributed by atoms with Gasteiger partial charge < -0.3 is 0 Å². The molecule has 0 radical (unpaired) electrons. The zero-order valence-electron chi connectivity index (χ0n) is 7.45. The molecule has 2 nitrogen and oxygen atoms in total. The molecule has 2 heteroatoms. The predicted molar refractivity (Wildman–Crippen MR) is 50.0 cm³/mol. The van der Waals surface area contributed by atoms with Crippen LogP contribution in [-0.4, -0.2) is 9.78 Å². The first-order valence-corrected chi connectivity index (χ1v) is 4.55. The van der Waals surface area contributed by atoms with Crippen molar-refractivity contribution < 1.29 is 0 Å². The maximum Gasteiger partial charge on any atom is 0.0638 e. The third-order valence-electron chi connectivity index (χ3n) is 2.42. The Labute approximate surface area is 72.9 Å². The van der Waals surface area contributed by atoms with E-state index in [1.54, 1.807) is 0 Å². The van der Waals surface area contributed by atoms with Crippen LogP contribution in [0.15, 0.2) is 12.8 Å². The lowest BCUT2D eigenvalue weighted by molar-refractivity contribution is 0.653. The molecule has 1 aliphatic carbocycles. The van der Waals surface area contributed by atoms with Gasteiger partial charge in [0.05, 0.1) is 11.9 Å². The van der Waals surface area contributed by atoms with E-state index >= 15 is 0 Å². The maximum absolute atomic E-state index is 4.31. The zero-order chi connectivity index (χ0) is 8.55. The Bertz CT molecular complexity index is 295. The van der Waals surface area contributed by atoms with Crippen molar-refractivity contribution in [2.45, 2.75) is 32.2 Å². The van der Waals surface area contributed by atoms with Crippen molar-refractivity contribution in [3.8, 4) is 0 Å². The first kappa shape index (κ1) is 7.59. The summed E-state index contributed by atoms with van der Waals surface area (Å²) in [6.07, 6.45) is 6.58. The number of hydrogen-bond donors (Lipinski definition) is 0. The average Bonchev–Trinajstić information content (AvgIpc) is 2.85. The first-order chi connectivity index (χ1) is 5.86. The van der Waals surface area contributed by atoms with Crippen molar-refractivity contribution in [2.75, 3.05) is 0 Å². The third kappa shape index (κ3) is 1.07. The topological polar surface area (TPSA) is 17.8 Å². The summed E-state index contributed by atoms with van der Waals surface area (Å²) in [5.41, 5.74) is 2.62. The Balaban J connectivity index is 2.39. The molecule has 0 atom stereocenters. The number of rotatable bonds is 3. The first-order valence-electron chi connectivity index (χ1n) is 4.55. The second-order valence-corrected chi connectivity index (χ2v) is 3.28. The van der Waals surface area contributed by atoms with Gasteiger partial charge in [-0.2, -0.15) is 5.10 Å². The van der Waals surface area contributed by atoms with E-state index < -0.39 is 0 Å². The molecule has 1 fully saturated rings. The van der Waals surface area contributed by atoms with Crippen molar-refractivity contribution in [3.05, 3.63) is 24.0 Å². The van der Waals surface area contributed by atoms with Crippen LogP contribution in [0.4, 0.5) is 0 Å². The van der Waals surface area contributed by atoms with Crippen LogP contribution in [0.1, 0.15) is 36.9 Å². The maximum atomic E-state index is 4.31. The highest BCUT2D eigenvalue weighted by Gasteiger charge is 2.27. The van der Waals surface area contributed by atoms with Crippen LogP contribution in [0.3, 0.4) is 0 Å². The van der Waals surface area contributed by atoms with Crippen LogP contribution in [0.25, 0.3) is 6.08 Å². The van der Waals surface area contributed by atoms with Gasteiger partial charge in [0.1, 0.15) is 0 Å². The van der Waals surface area contributed by atoms with Crippen molar-refractivity contribution in [1.29, 1.82) is 0 Å².